The summed E-state index contributed by atoms with van der Waals surface area (Å²) >= 11 is 0. The van der Waals surface area contributed by atoms with Gasteiger partial charge in [0.15, 0.2) is 5.69 Å². The average Bonchev–Trinajstić information content (AvgIpc) is 3.10. The molecule has 0 saturated heterocycles. The number of aryl methyl sites for hydroxylation is 1. The highest BCUT2D eigenvalue weighted by Gasteiger charge is 2.17. The molecule has 3 aromatic rings. The maximum atomic E-state index is 11.8. The third kappa shape index (κ3) is 2.20. The van der Waals surface area contributed by atoms with Crippen LogP contribution in [0.2, 0.25) is 0 Å². The van der Waals surface area contributed by atoms with Crippen LogP contribution in [0.5, 0.6) is 0 Å². The largest absolute Gasteiger partial charge is 0.461 e. The molecule has 7 heteroatoms. The molecule has 2 heterocycles. The van der Waals surface area contributed by atoms with E-state index in [-0.39, 0.29) is 12.3 Å². The first-order valence-corrected chi connectivity index (χ1v) is 6.76. The topological polar surface area (TPSA) is 96.6 Å². The highest BCUT2D eigenvalue weighted by atomic mass is 16.5. The Morgan fingerprint density at radius 1 is 1.45 bits per heavy atom. The fourth-order valence-corrected chi connectivity index (χ4v) is 2.21. The Labute approximate surface area is 126 Å². The number of nitrogens with one attached hydrogen (secondary N) is 1. The molecule has 0 aliphatic rings. The molecule has 0 bridgehead atoms. The number of carbonyl (C=O) groups is 1. The van der Waals surface area contributed by atoms with Crippen LogP contribution in [0.3, 0.4) is 0 Å². The number of aromatic amines is 1. The lowest BCUT2D eigenvalue weighted by Crippen LogP contribution is -2.07. The minimum atomic E-state index is -0.494. The van der Waals surface area contributed by atoms with Crippen molar-refractivity contribution in [2.24, 2.45) is 0 Å². The predicted molar refractivity (Wildman–Crippen MR) is 78.6 cm³/mol. The van der Waals surface area contributed by atoms with Gasteiger partial charge in [-0.05, 0) is 32.0 Å². The van der Waals surface area contributed by atoms with Crippen LogP contribution in [0.25, 0.3) is 16.6 Å². The van der Waals surface area contributed by atoms with E-state index in [1.807, 2.05) is 12.1 Å². The van der Waals surface area contributed by atoms with E-state index in [0.717, 1.165) is 10.9 Å². The molecule has 0 saturated carbocycles. The molecule has 110 valence electrons. The van der Waals surface area contributed by atoms with Gasteiger partial charge in [-0.3, -0.25) is 0 Å². The van der Waals surface area contributed by atoms with Crippen LogP contribution in [-0.4, -0.2) is 32.6 Å². The lowest BCUT2D eigenvalue weighted by molar-refractivity contribution is 0.0518. The van der Waals surface area contributed by atoms with Gasteiger partial charge < -0.3 is 9.72 Å². The fourth-order valence-electron chi connectivity index (χ4n) is 2.21. The lowest BCUT2D eigenvalue weighted by Gasteiger charge is -2.00. The Kier molecular flexibility index (Phi) is 3.35. The molecule has 1 N–H and O–H groups in total. The number of hydrogen-bond donors (Lipinski definition) is 1. The van der Waals surface area contributed by atoms with Crippen molar-refractivity contribution in [3.8, 4) is 11.8 Å². The monoisotopic (exact) mass is 295 g/mol. The Morgan fingerprint density at radius 3 is 3.00 bits per heavy atom. The van der Waals surface area contributed by atoms with Crippen LogP contribution >= 0.6 is 0 Å². The Bertz CT molecular complexity index is 900. The first-order valence-electron chi connectivity index (χ1n) is 6.76. The van der Waals surface area contributed by atoms with E-state index < -0.39 is 5.97 Å². The zero-order valence-corrected chi connectivity index (χ0v) is 12.1. The molecule has 2 aromatic heterocycles. The second-order valence-electron chi connectivity index (χ2n) is 4.69. The third-order valence-corrected chi connectivity index (χ3v) is 3.27. The van der Waals surface area contributed by atoms with Gasteiger partial charge in [0.1, 0.15) is 6.07 Å². The summed E-state index contributed by atoms with van der Waals surface area (Å²) in [4.78, 5) is 16.2. The number of hydrogen-bond acceptors (Lipinski definition) is 5. The smallest absolute Gasteiger partial charge is 0.360 e. The number of carbonyl (C=O) groups excluding carboxylic acids is 1. The van der Waals surface area contributed by atoms with Crippen molar-refractivity contribution >= 4 is 16.9 Å². The van der Waals surface area contributed by atoms with Crippen LogP contribution in [0, 0.1) is 18.3 Å². The van der Waals surface area contributed by atoms with E-state index in [4.69, 9.17) is 10.00 Å². The summed E-state index contributed by atoms with van der Waals surface area (Å²) in [6, 6.07) is 7.58. The van der Waals surface area contributed by atoms with E-state index >= 15 is 0 Å². The summed E-state index contributed by atoms with van der Waals surface area (Å²) < 4.78 is 4.95. The number of ether oxygens (including phenoxy) is 1. The second-order valence-corrected chi connectivity index (χ2v) is 4.69. The lowest BCUT2D eigenvalue weighted by atomic mass is 10.2. The molecule has 0 spiro atoms. The molecule has 0 unspecified atom stereocenters. The fraction of sp³-hybridized carbons (Fsp3) is 0.200. The maximum absolute atomic E-state index is 11.8. The SMILES string of the molecule is CCOC(=O)c1nn(-c2ccc3[nH]cc(C#N)c3c2)nc1C. The molecule has 0 atom stereocenters. The van der Waals surface area contributed by atoms with Crippen molar-refractivity contribution in [2.45, 2.75) is 13.8 Å². The van der Waals surface area contributed by atoms with Gasteiger partial charge in [0.2, 0.25) is 0 Å². The van der Waals surface area contributed by atoms with Crippen LogP contribution in [0.15, 0.2) is 24.4 Å². The predicted octanol–water partition coefficient (Wildman–Crippen LogP) is 2.11. The van der Waals surface area contributed by atoms with Gasteiger partial charge in [-0.2, -0.15) is 15.2 Å². The van der Waals surface area contributed by atoms with E-state index in [2.05, 4.69) is 21.3 Å². The van der Waals surface area contributed by atoms with Crippen LogP contribution in [-0.2, 0) is 4.74 Å². The summed E-state index contributed by atoms with van der Waals surface area (Å²) in [6.45, 7) is 3.72. The van der Waals surface area contributed by atoms with Crippen molar-refractivity contribution in [1.29, 1.82) is 5.26 Å². The van der Waals surface area contributed by atoms with Crippen LogP contribution in [0.1, 0.15) is 28.7 Å². The minimum absolute atomic E-state index is 0.191. The van der Waals surface area contributed by atoms with Gasteiger partial charge >= 0.3 is 5.97 Å². The Hall–Kier alpha value is -3.14. The molecule has 7 nitrogen and oxygen atoms in total. The first kappa shape index (κ1) is 13.8. The quantitative estimate of drug-likeness (QED) is 0.746. The molecule has 0 amide bonds. The van der Waals surface area contributed by atoms with E-state index in [0.29, 0.717) is 16.9 Å². The van der Waals surface area contributed by atoms with Gasteiger partial charge in [-0.15, -0.1) is 5.10 Å². The number of fused-ring (bicyclic) bond motifs is 1. The zero-order valence-electron chi connectivity index (χ0n) is 12.1. The van der Waals surface area contributed by atoms with Crippen molar-refractivity contribution in [1.82, 2.24) is 20.0 Å². The molecule has 0 fully saturated rings. The van der Waals surface area contributed by atoms with Gasteiger partial charge in [0, 0.05) is 17.1 Å². The van der Waals surface area contributed by atoms with E-state index in [1.54, 1.807) is 26.1 Å². The van der Waals surface area contributed by atoms with Crippen LogP contribution in [0.4, 0.5) is 0 Å². The average molecular weight is 295 g/mol. The number of rotatable bonds is 3. The van der Waals surface area contributed by atoms with E-state index in [9.17, 15) is 4.79 Å². The number of benzene rings is 1. The van der Waals surface area contributed by atoms with Crippen molar-refractivity contribution < 1.29 is 9.53 Å². The molecule has 0 aliphatic heterocycles. The van der Waals surface area contributed by atoms with Gasteiger partial charge in [-0.25, -0.2) is 4.79 Å². The molecule has 1 aromatic carbocycles. The third-order valence-electron chi connectivity index (χ3n) is 3.27. The van der Waals surface area contributed by atoms with Gasteiger partial charge in [-0.1, -0.05) is 0 Å². The standard InChI is InChI=1S/C15H13N5O2/c1-3-22-15(21)14-9(2)18-20(19-14)11-4-5-13-12(6-11)10(7-16)8-17-13/h4-6,8,17H,3H2,1-2H3. The number of nitrogens with zero attached hydrogens (tertiary/aromatic N) is 4. The van der Waals surface area contributed by atoms with Gasteiger partial charge in [0.25, 0.3) is 0 Å². The second kappa shape index (κ2) is 5.33. The zero-order chi connectivity index (χ0) is 15.7. The summed E-state index contributed by atoms with van der Waals surface area (Å²) in [7, 11) is 0. The highest BCUT2D eigenvalue weighted by Crippen LogP contribution is 2.21. The van der Waals surface area contributed by atoms with Crippen molar-refractivity contribution in [3.05, 3.63) is 41.3 Å². The molecule has 22 heavy (non-hydrogen) atoms. The minimum Gasteiger partial charge on any atom is -0.461 e. The van der Waals surface area contributed by atoms with Crippen molar-refractivity contribution in [2.75, 3.05) is 6.61 Å². The number of aromatic nitrogens is 4. The van der Waals surface area contributed by atoms with Crippen LogP contribution < -0.4 is 0 Å². The summed E-state index contributed by atoms with van der Waals surface area (Å²) in [5.74, 6) is -0.494. The summed E-state index contributed by atoms with van der Waals surface area (Å²) in [5, 5.41) is 18.3. The van der Waals surface area contributed by atoms with E-state index in [1.165, 1.54) is 4.80 Å². The van der Waals surface area contributed by atoms with Crippen molar-refractivity contribution in [3.63, 3.8) is 0 Å². The first-order chi connectivity index (χ1) is 10.6. The molecular formula is C15H13N5O2. The molecule has 0 radical (unpaired) electrons. The number of esters is 1. The highest BCUT2D eigenvalue weighted by molar-refractivity contribution is 5.89. The number of nitriles is 1. The Morgan fingerprint density at radius 2 is 2.27 bits per heavy atom. The maximum Gasteiger partial charge on any atom is 0.360 e. The molecule has 0 aliphatic carbocycles. The summed E-state index contributed by atoms with van der Waals surface area (Å²) in [6.07, 6.45) is 1.65. The Balaban J connectivity index is 2.06. The molecule has 3 rings (SSSR count). The van der Waals surface area contributed by atoms with Gasteiger partial charge in [0.05, 0.1) is 23.6 Å². The molecular weight excluding hydrogens is 282 g/mol. The normalized spacial score (nSPS) is 10.6. The summed E-state index contributed by atoms with van der Waals surface area (Å²) in [5.41, 5.74) is 2.76. The number of H-pyrrole nitrogens is 1.